The summed E-state index contributed by atoms with van der Waals surface area (Å²) in [6.07, 6.45) is 17.6. The van der Waals surface area contributed by atoms with Crippen molar-refractivity contribution in [3.8, 4) is 5.75 Å². The van der Waals surface area contributed by atoms with Gasteiger partial charge in [0.1, 0.15) is 11.9 Å². The van der Waals surface area contributed by atoms with Crippen molar-refractivity contribution in [1.82, 2.24) is 0 Å². The third-order valence-corrected chi connectivity index (χ3v) is 6.67. The predicted octanol–water partition coefficient (Wildman–Crippen LogP) is 8.35. The van der Waals surface area contributed by atoms with Crippen molar-refractivity contribution in [2.75, 3.05) is 0 Å². The molecule has 3 heteroatoms. The van der Waals surface area contributed by atoms with Crippen molar-refractivity contribution >= 4 is 5.97 Å². The first-order chi connectivity index (χ1) is 15.1. The van der Waals surface area contributed by atoms with Gasteiger partial charge in [-0.05, 0) is 56.7 Å². The molecule has 1 unspecified atom stereocenters. The first kappa shape index (κ1) is 25.7. The molecule has 0 saturated heterocycles. The normalized spacial score (nSPS) is 19.7. The lowest BCUT2D eigenvalue weighted by Gasteiger charge is -2.32. The van der Waals surface area contributed by atoms with Gasteiger partial charge in [0.15, 0.2) is 0 Å². The fourth-order valence-corrected chi connectivity index (χ4v) is 4.56. The lowest BCUT2D eigenvalue weighted by atomic mass is 9.81. The quantitative estimate of drug-likeness (QED) is 0.207. The SMILES string of the molecule is CCCCCCCCCCCC(=O)O[C@@H]1CCCC[C@H]1c1cccc(OC(C)CC)c1. The molecule has 0 N–H and O–H groups in total. The molecule has 1 aromatic carbocycles. The van der Waals surface area contributed by atoms with Gasteiger partial charge in [0.25, 0.3) is 0 Å². The van der Waals surface area contributed by atoms with Crippen molar-refractivity contribution in [3.05, 3.63) is 29.8 Å². The maximum atomic E-state index is 12.5. The molecule has 3 atom stereocenters. The zero-order valence-corrected chi connectivity index (χ0v) is 20.4. The highest BCUT2D eigenvalue weighted by atomic mass is 16.5. The van der Waals surface area contributed by atoms with Crippen molar-refractivity contribution < 1.29 is 14.3 Å². The minimum Gasteiger partial charge on any atom is -0.491 e. The van der Waals surface area contributed by atoms with Gasteiger partial charge in [-0.1, -0.05) is 83.8 Å². The summed E-state index contributed by atoms with van der Waals surface area (Å²) in [5.74, 6) is 1.21. The second-order valence-corrected chi connectivity index (χ2v) is 9.41. The molecule has 1 aliphatic rings. The maximum Gasteiger partial charge on any atom is 0.306 e. The van der Waals surface area contributed by atoms with E-state index in [9.17, 15) is 4.79 Å². The van der Waals surface area contributed by atoms with Crippen LogP contribution in [0.4, 0.5) is 0 Å². The Morgan fingerprint density at radius 3 is 2.35 bits per heavy atom. The first-order valence-corrected chi connectivity index (χ1v) is 13.1. The summed E-state index contributed by atoms with van der Waals surface area (Å²) in [7, 11) is 0. The van der Waals surface area contributed by atoms with E-state index in [1.165, 1.54) is 56.9 Å². The summed E-state index contributed by atoms with van der Waals surface area (Å²) in [5.41, 5.74) is 1.25. The number of carbonyl (C=O) groups is 1. The Hall–Kier alpha value is -1.51. The molecule has 0 heterocycles. The number of benzene rings is 1. The molecular weight excluding hydrogens is 384 g/mol. The second kappa shape index (κ2) is 15.3. The van der Waals surface area contributed by atoms with Crippen molar-refractivity contribution in [2.24, 2.45) is 0 Å². The second-order valence-electron chi connectivity index (χ2n) is 9.41. The van der Waals surface area contributed by atoms with Gasteiger partial charge >= 0.3 is 5.97 Å². The fourth-order valence-electron chi connectivity index (χ4n) is 4.56. The molecule has 1 saturated carbocycles. The van der Waals surface area contributed by atoms with Crippen molar-refractivity contribution in [1.29, 1.82) is 0 Å². The van der Waals surface area contributed by atoms with Gasteiger partial charge in [-0.3, -0.25) is 4.79 Å². The summed E-state index contributed by atoms with van der Waals surface area (Å²) >= 11 is 0. The highest BCUT2D eigenvalue weighted by molar-refractivity contribution is 5.69. The van der Waals surface area contributed by atoms with Crippen LogP contribution in [0.25, 0.3) is 0 Å². The topological polar surface area (TPSA) is 35.5 Å². The highest BCUT2D eigenvalue weighted by Crippen LogP contribution is 2.36. The summed E-state index contributed by atoms with van der Waals surface area (Å²) < 4.78 is 12.0. The fraction of sp³-hybridized carbons (Fsp3) is 0.750. The lowest BCUT2D eigenvalue weighted by Crippen LogP contribution is -2.28. The smallest absolute Gasteiger partial charge is 0.306 e. The average Bonchev–Trinajstić information content (AvgIpc) is 2.78. The predicted molar refractivity (Wildman–Crippen MR) is 130 cm³/mol. The summed E-state index contributed by atoms with van der Waals surface area (Å²) in [6.45, 7) is 6.50. The van der Waals surface area contributed by atoms with Crippen LogP contribution in [0.1, 0.15) is 129 Å². The standard InChI is InChI=1S/C28H46O3/c1-4-6-7-8-9-10-11-12-13-21-28(29)31-27-20-15-14-19-26(27)24-17-16-18-25(22-24)30-23(3)5-2/h16-18,22-23,26-27H,4-15,19-21H2,1-3H3/t23?,26-,27+/m0/s1. The zero-order valence-electron chi connectivity index (χ0n) is 20.4. The Labute approximate surface area is 191 Å². The molecule has 176 valence electrons. The molecule has 3 nitrogen and oxygen atoms in total. The minimum atomic E-state index is -0.00754. The molecule has 0 aliphatic heterocycles. The molecule has 1 aromatic rings. The van der Waals surface area contributed by atoms with Crippen LogP contribution in [-0.4, -0.2) is 18.2 Å². The van der Waals surface area contributed by atoms with Gasteiger partial charge in [-0.25, -0.2) is 0 Å². The van der Waals surface area contributed by atoms with E-state index in [-0.39, 0.29) is 18.2 Å². The average molecular weight is 431 g/mol. The number of ether oxygens (including phenoxy) is 2. The van der Waals surface area contributed by atoms with E-state index in [1.807, 2.05) is 6.07 Å². The number of carbonyl (C=O) groups excluding carboxylic acids is 1. The van der Waals surface area contributed by atoms with Crippen molar-refractivity contribution in [3.63, 3.8) is 0 Å². The largest absolute Gasteiger partial charge is 0.491 e. The van der Waals surface area contributed by atoms with Gasteiger partial charge in [-0.15, -0.1) is 0 Å². The Balaban J connectivity index is 1.74. The highest BCUT2D eigenvalue weighted by Gasteiger charge is 2.29. The summed E-state index contributed by atoms with van der Waals surface area (Å²) in [5, 5.41) is 0. The number of rotatable bonds is 15. The molecule has 0 aromatic heterocycles. The summed E-state index contributed by atoms with van der Waals surface area (Å²) in [4.78, 5) is 12.5. The molecule has 1 aliphatic carbocycles. The van der Waals surface area contributed by atoms with Crippen LogP contribution < -0.4 is 4.74 Å². The molecule has 0 spiro atoms. The number of hydrogen-bond donors (Lipinski definition) is 0. The Bertz CT molecular complexity index is 612. The van der Waals surface area contributed by atoms with Gasteiger partial charge in [0, 0.05) is 12.3 Å². The summed E-state index contributed by atoms with van der Waals surface area (Å²) in [6, 6.07) is 8.43. The Morgan fingerprint density at radius 2 is 1.65 bits per heavy atom. The van der Waals surface area contributed by atoms with Crippen LogP contribution in [-0.2, 0) is 9.53 Å². The van der Waals surface area contributed by atoms with E-state index < -0.39 is 0 Å². The monoisotopic (exact) mass is 430 g/mol. The van der Waals surface area contributed by atoms with E-state index in [1.54, 1.807) is 0 Å². The maximum absolute atomic E-state index is 12.5. The van der Waals surface area contributed by atoms with Crippen LogP contribution in [0, 0.1) is 0 Å². The number of esters is 1. The van der Waals surface area contributed by atoms with Crippen molar-refractivity contribution in [2.45, 2.75) is 135 Å². The third kappa shape index (κ3) is 10.1. The minimum absolute atomic E-state index is 0.00754. The Morgan fingerprint density at radius 1 is 0.968 bits per heavy atom. The van der Waals surface area contributed by atoms with E-state index in [4.69, 9.17) is 9.47 Å². The molecule has 0 bridgehead atoms. The van der Waals surface area contributed by atoms with E-state index in [0.29, 0.717) is 12.3 Å². The first-order valence-electron chi connectivity index (χ1n) is 13.1. The number of hydrogen-bond acceptors (Lipinski definition) is 3. The lowest BCUT2D eigenvalue weighted by molar-refractivity contribution is -0.151. The van der Waals surface area contributed by atoms with Gasteiger partial charge in [-0.2, -0.15) is 0 Å². The van der Waals surface area contributed by atoms with Crippen LogP contribution in [0.5, 0.6) is 5.75 Å². The molecule has 0 radical (unpaired) electrons. The number of unbranched alkanes of at least 4 members (excludes halogenated alkanes) is 8. The molecule has 0 amide bonds. The zero-order chi connectivity index (χ0) is 22.3. The molecule has 2 rings (SSSR count). The van der Waals surface area contributed by atoms with E-state index in [2.05, 4.69) is 39.0 Å². The van der Waals surface area contributed by atoms with Gasteiger partial charge < -0.3 is 9.47 Å². The van der Waals surface area contributed by atoms with E-state index in [0.717, 1.165) is 44.3 Å². The molecular formula is C28H46O3. The van der Waals surface area contributed by atoms with Crippen LogP contribution >= 0.6 is 0 Å². The van der Waals surface area contributed by atoms with Crippen LogP contribution in [0.15, 0.2) is 24.3 Å². The van der Waals surface area contributed by atoms with Gasteiger partial charge in [0.2, 0.25) is 0 Å². The molecule has 31 heavy (non-hydrogen) atoms. The third-order valence-electron chi connectivity index (χ3n) is 6.67. The van der Waals surface area contributed by atoms with E-state index >= 15 is 0 Å². The Kier molecular flexibility index (Phi) is 12.7. The van der Waals surface area contributed by atoms with Crippen LogP contribution in [0.3, 0.4) is 0 Å². The molecule has 1 fully saturated rings. The van der Waals surface area contributed by atoms with Crippen LogP contribution in [0.2, 0.25) is 0 Å². The van der Waals surface area contributed by atoms with Gasteiger partial charge in [0.05, 0.1) is 6.10 Å².